The maximum atomic E-state index is 12.5. The largest absolute Gasteiger partial charge is 0.459 e. The number of furan rings is 1. The van der Waals surface area contributed by atoms with Crippen LogP contribution in [0.2, 0.25) is 5.02 Å². The second-order valence-electron chi connectivity index (χ2n) is 7.13. The van der Waals surface area contributed by atoms with Gasteiger partial charge in [-0.3, -0.25) is 4.79 Å². The molecular weight excluding hydrogens is 412 g/mol. The zero-order valence-electron chi connectivity index (χ0n) is 17.0. The fourth-order valence-corrected chi connectivity index (χ4v) is 3.19. The summed E-state index contributed by atoms with van der Waals surface area (Å²) >= 11 is 5.93. The number of halogens is 1. The van der Waals surface area contributed by atoms with Crippen LogP contribution in [-0.4, -0.2) is 32.8 Å². The first-order chi connectivity index (χ1) is 15.1. The fourth-order valence-electron chi connectivity index (χ4n) is 3.07. The zero-order chi connectivity index (χ0) is 21.6. The first-order valence-electron chi connectivity index (χ1n) is 9.79. The topological polar surface area (TPSA) is 64.2 Å². The first kappa shape index (κ1) is 20.6. The van der Waals surface area contributed by atoms with Crippen LogP contribution in [0.1, 0.15) is 17.0 Å². The molecule has 156 valence electrons. The second-order valence-corrected chi connectivity index (χ2v) is 7.56. The molecule has 31 heavy (non-hydrogen) atoms. The van der Waals surface area contributed by atoms with Crippen LogP contribution in [0.5, 0.6) is 0 Å². The minimum Gasteiger partial charge on any atom is -0.459 e. The molecule has 2 aromatic carbocycles. The predicted octanol–water partition coefficient (Wildman–Crippen LogP) is 4.91. The van der Waals surface area contributed by atoms with Gasteiger partial charge in [-0.05, 0) is 48.0 Å². The molecule has 0 atom stereocenters. The number of nitrogens with zero attached hydrogens (tertiary/aromatic N) is 4. The summed E-state index contributed by atoms with van der Waals surface area (Å²) in [6, 6.07) is 21.2. The van der Waals surface area contributed by atoms with E-state index < -0.39 is 0 Å². The van der Waals surface area contributed by atoms with E-state index in [-0.39, 0.29) is 5.91 Å². The van der Waals surface area contributed by atoms with Crippen LogP contribution in [0.4, 0.5) is 0 Å². The monoisotopic (exact) mass is 432 g/mol. The smallest absolute Gasteiger partial charge is 0.246 e. The lowest BCUT2D eigenvalue weighted by molar-refractivity contribution is -0.125. The summed E-state index contributed by atoms with van der Waals surface area (Å²) in [7, 11) is 1.73. The van der Waals surface area contributed by atoms with E-state index in [1.165, 1.54) is 6.08 Å². The molecule has 0 bridgehead atoms. The van der Waals surface area contributed by atoms with Gasteiger partial charge < -0.3 is 9.32 Å². The Morgan fingerprint density at radius 2 is 1.87 bits per heavy atom. The van der Waals surface area contributed by atoms with Crippen molar-refractivity contribution >= 4 is 23.6 Å². The van der Waals surface area contributed by atoms with E-state index in [1.807, 2.05) is 72.9 Å². The molecule has 4 aromatic rings. The molecule has 0 saturated heterocycles. The molecule has 0 unspecified atom stereocenters. The SMILES string of the molecule is CN(Cc1ccc(-c2ccc(Cl)cc2)o1)C(=O)C=Cc1cn(Cc2ccccc2)nn1. The standard InChI is InChI=1S/C24H21ClN4O2/c1-28(17-22-12-13-23(31-22)19-7-9-20(25)10-8-19)24(30)14-11-21-16-29(27-26-21)15-18-5-3-2-4-6-18/h2-14,16H,15,17H2,1H3. The van der Waals surface area contributed by atoms with E-state index in [9.17, 15) is 4.79 Å². The number of hydrogen-bond donors (Lipinski definition) is 0. The number of rotatable bonds is 7. The maximum Gasteiger partial charge on any atom is 0.246 e. The average molecular weight is 433 g/mol. The Labute approximate surface area is 185 Å². The van der Waals surface area contributed by atoms with E-state index >= 15 is 0 Å². The molecule has 0 N–H and O–H groups in total. The molecule has 0 spiro atoms. The van der Waals surface area contributed by atoms with E-state index in [2.05, 4.69) is 10.3 Å². The summed E-state index contributed by atoms with van der Waals surface area (Å²) < 4.78 is 7.61. The van der Waals surface area contributed by atoms with Crippen molar-refractivity contribution < 1.29 is 9.21 Å². The van der Waals surface area contributed by atoms with Gasteiger partial charge in [0, 0.05) is 23.7 Å². The van der Waals surface area contributed by atoms with Gasteiger partial charge in [0.1, 0.15) is 17.2 Å². The average Bonchev–Trinajstić information content (AvgIpc) is 3.43. The van der Waals surface area contributed by atoms with Gasteiger partial charge in [0.25, 0.3) is 0 Å². The van der Waals surface area contributed by atoms with Crippen LogP contribution in [0.3, 0.4) is 0 Å². The van der Waals surface area contributed by atoms with E-state index in [0.29, 0.717) is 29.6 Å². The van der Waals surface area contributed by atoms with Gasteiger partial charge in [-0.1, -0.05) is 47.1 Å². The van der Waals surface area contributed by atoms with E-state index in [0.717, 1.165) is 16.9 Å². The van der Waals surface area contributed by atoms with Crippen LogP contribution in [0.15, 0.2) is 83.4 Å². The van der Waals surface area contributed by atoms with Gasteiger partial charge in [-0.2, -0.15) is 0 Å². The zero-order valence-corrected chi connectivity index (χ0v) is 17.7. The van der Waals surface area contributed by atoms with Gasteiger partial charge in [-0.25, -0.2) is 4.68 Å². The van der Waals surface area contributed by atoms with Crippen LogP contribution >= 0.6 is 11.6 Å². The molecule has 2 heterocycles. The normalized spacial score (nSPS) is 11.2. The number of carbonyl (C=O) groups excluding carboxylic acids is 1. The molecule has 6 nitrogen and oxygen atoms in total. The molecule has 0 aliphatic rings. The number of amides is 1. The molecule has 7 heteroatoms. The van der Waals surface area contributed by atoms with E-state index in [1.54, 1.807) is 22.7 Å². The Balaban J connectivity index is 1.33. The minimum absolute atomic E-state index is 0.151. The summed E-state index contributed by atoms with van der Waals surface area (Å²) in [4.78, 5) is 14.0. The fraction of sp³-hybridized carbons (Fsp3) is 0.125. The molecule has 0 aliphatic carbocycles. The lowest BCUT2D eigenvalue weighted by Gasteiger charge is -2.12. The molecule has 2 aromatic heterocycles. The molecule has 0 fully saturated rings. The Hall–Kier alpha value is -3.64. The van der Waals surface area contributed by atoms with Gasteiger partial charge in [0.2, 0.25) is 5.91 Å². The summed E-state index contributed by atoms with van der Waals surface area (Å²) in [5.41, 5.74) is 2.69. The lowest BCUT2D eigenvalue weighted by Crippen LogP contribution is -2.23. The van der Waals surface area contributed by atoms with Crippen LogP contribution in [-0.2, 0) is 17.9 Å². The Morgan fingerprint density at radius 1 is 1.10 bits per heavy atom. The van der Waals surface area contributed by atoms with Crippen LogP contribution in [0.25, 0.3) is 17.4 Å². The maximum absolute atomic E-state index is 12.5. The number of carbonyl (C=O) groups is 1. The highest BCUT2D eigenvalue weighted by Crippen LogP contribution is 2.24. The van der Waals surface area contributed by atoms with Crippen molar-refractivity contribution in [3.05, 3.63) is 101 Å². The molecule has 0 radical (unpaired) electrons. The number of aromatic nitrogens is 3. The molecule has 4 rings (SSSR count). The van der Waals surface area contributed by atoms with Gasteiger partial charge in [-0.15, -0.1) is 5.10 Å². The van der Waals surface area contributed by atoms with Gasteiger partial charge >= 0.3 is 0 Å². The van der Waals surface area contributed by atoms with Crippen molar-refractivity contribution in [2.75, 3.05) is 7.05 Å². The highest BCUT2D eigenvalue weighted by atomic mass is 35.5. The highest BCUT2D eigenvalue weighted by Gasteiger charge is 2.11. The van der Waals surface area contributed by atoms with E-state index in [4.69, 9.17) is 16.0 Å². The number of hydrogen-bond acceptors (Lipinski definition) is 4. The van der Waals surface area contributed by atoms with Crippen molar-refractivity contribution in [3.63, 3.8) is 0 Å². The van der Waals surface area contributed by atoms with Crippen LogP contribution < -0.4 is 0 Å². The Bertz CT molecular complexity index is 1180. The second kappa shape index (κ2) is 9.45. The highest BCUT2D eigenvalue weighted by molar-refractivity contribution is 6.30. The summed E-state index contributed by atoms with van der Waals surface area (Å²) in [5, 5.41) is 8.88. The number of benzene rings is 2. The minimum atomic E-state index is -0.151. The molecule has 0 aliphatic heterocycles. The Kier molecular flexibility index (Phi) is 6.29. The molecule has 1 amide bonds. The Morgan fingerprint density at radius 3 is 2.65 bits per heavy atom. The van der Waals surface area contributed by atoms with Crippen molar-refractivity contribution in [1.29, 1.82) is 0 Å². The van der Waals surface area contributed by atoms with Crippen molar-refractivity contribution in [2.45, 2.75) is 13.1 Å². The van der Waals surface area contributed by atoms with Gasteiger partial charge in [0.05, 0.1) is 19.3 Å². The van der Waals surface area contributed by atoms with Crippen molar-refractivity contribution in [2.24, 2.45) is 0 Å². The molecular formula is C24H21ClN4O2. The third-order valence-corrected chi connectivity index (χ3v) is 4.95. The predicted molar refractivity (Wildman–Crippen MR) is 120 cm³/mol. The quantitative estimate of drug-likeness (QED) is 0.389. The third kappa shape index (κ3) is 5.49. The first-order valence-corrected chi connectivity index (χ1v) is 10.2. The third-order valence-electron chi connectivity index (χ3n) is 4.70. The summed E-state index contributed by atoms with van der Waals surface area (Å²) in [5.74, 6) is 1.28. The summed E-state index contributed by atoms with van der Waals surface area (Å²) in [6.45, 7) is 0.988. The summed E-state index contributed by atoms with van der Waals surface area (Å²) in [6.07, 6.45) is 4.95. The number of likely N-dealkylation sites (N-methyl/N-ethyl adjacent to an activating group) is 1. The van der Waals surface area contributed by atoms with Crippen molar-refractivity contribution in [3.8, 4) is 11.3 Å². The van der Waals surface area contributed by atoms with Crippen LogP contribution in [0, 0.1) is 0 Å². The lowest BCUT2D eigenvalue weighted by atomic mass is 10.2. The molecule has 0 saturated carbocycles. The van der Waals surface area contributed by atoms with Gasteiger partial charge in [0.15, 0.2) is 0 Å². The van der Waals surface area contributed by atoms with Crippen molar-refractivity contribution in [1.82, 2.24) is 19.9 Å².